The summed E-state index contributed by atoms with van der Waals surface area (Å²) in [5, 5.41) is 38.5. The van der Waals surface area contributed by atoms with Crippen molar-refractivity contribution in [2.45, 2.75) is 229 Å². The topological polar surface area (TPSA) is 263 Å². The minimum atomic E-state index is -0.495. The number of aromatic amines is 1. The van der Waals surface area contributed by atoms with E-state index in [9.17, 15) is 41.1 Å². The summed E-state index contributed by atoms with van der Waals surface area (Å²) in [5.41, 5.74) is 16.2. The lowest BCUT2D eigenvalue weighted by Crippen LogP contribution is -2.24. The largest absolute Gasteiger partial charge is 0.460 e. The van der Waals surface area contributed by atoms with E-state index in [1.807, 2.05) is 71.9 Å². The second-order valence-corrected chi connectivity index (χ2v) is 34.0. The number of nitrogens with one attached hydrogen (secondary N) is 1. The molecule has 116 heavy (non-hydrogen) atoms. The van der Waals surface area contributed by atoms with E-state index in [2.05, 4.69) is 103 Å². The van der Waals surface area contributed by atoms with Gasteiger partial charge < -0.3 is 39.6 Å². The van der Waals surface area contributed by atoms with Crippen LogP contribution in [-0.2, 0) is 112 Å². The van der Waals surface area contributed by atoms with Gasteiger partial charge in [-0.15, -0.1) is 0 Å². The quantitative estimate of drug-likeness (QED) is 0.0170. The molecule has 0 amide bonds. The Bertz CT molecular complexity index is 4740. The first-order valence-corrected chi connectivity index (χ1v) is 38.7. The molecule has 10 rings (SSSR count). The number of ketones is 1. The second kappa shape index (κ2) is 43.1. The number of nitrogens with zero attached hydrogens (tertiary/aromatic N) is 7. The van der Waals surface area contributed by atoms with Crippen molar-refractivity contribution >= 4 is 23.7 Å². The molecule has 0 saturated carbocycles. The molecule has 6 aromatic carbocycles. The number of halogens is 5. The van der Waals surface area contributed by atoms with E-state index in [1.54, 1.807) is 99.0 Å². The first-order valence-electron chi connectivity index (χ1n) is 38.7. The van der Waals surface area contributed by atoms with E-state index in [-0.39, 0.29) is 122 Å². The lowest BCUT2D eigenvalue weighted by molar-refractivity contribution is -0.155. The summed E-state index contributed by atoms with van der Waals surface area (Å²) in [7, 11) is 0. The standard InChI is InChI=1S/C26H30F2N2O3.C20H27FN2O2.C17H17FO4.C14H18FN3.C14H24N2O2/c1-26(2,3)25-16-22(30(29-25)21-8-6-20(27)7-9-21)10-11-23(32)14-18-4-5-19(24(28)15-18)17-33-13-12-31;1-19(2,3)17-13-16(11-12-18(24)25-20(4,5)6)23(22-17)15-9-7-14(21)8-10-15;18-16-10-13(6-7-14(16)12-21-9-8-19)11-17(20)22-15-4-2-1-3-5-15;1-14(2,3)13-8-12(9-16)18(17-13)11-6-4-10(15)5-7-11;1-13(2,3)11-9-10(15-16-11)7-8-12(17)18-14(4,5)6/h4-9,15-16,31H,10-14,17H2,1-3H3;7-10,13H,11-12H2,1-6H3;1-7,10,19H,8-9,11-12H2;4-8H,9,16H2,1-3H3;9H,7-8H2,1-6H3,(H,15,16). The highest BCUT2D eigenvalue weighted by Crippen LogP contribution is 2.29. The van der Waals surface area contributed by atoms with Crippen LogP contribution in [-0.4, -0.2) is 111 Å². The van der Waals surface area contributed by atoms with Crippen molar-refractivity contribution in [3.8, 4) is 22.8 Å². The minimum absolute atomic E-state index is 0.0103. The SMILES string of the molecule is CC(C)(C)OC(=O)CCc1cc(C(C)(C)C)n[nH]1.CC(C)(C)OC(=O)CCc1cc(C(C)(C)C)nn1-c1ccc(F)cc1.CC(C)(C)c1cc(CCC(=O)Cc2ccc(COCCO)c(F)c2)n(-c2ccc(F)cc2)n1.CC(C)(C)c1cc(CN)n(-c2ccc(F)cc2)n1.O=C(Cc1ccc(COCCO)c(F)c1)Oc1ccccc1. The first kappa shape index (κ1) is 94.5. The zero-order chi connectivity index (χ0) is 85.9. The Hall–Kier alpha value is -10.3. The number of aliphatic hydroxyl groups excluding tert-OH is 2. The maximum Gasteiger partial charge on any atom is 0.315 e. The van der Waals surface area contributed by atoms with Crippen LogP contribution >= 0.6 is 0 Å². The number of carbonyl (C=O) groups is 4. The molecule has 0 fully saturated rings. The number of hydrogen-bond donors (Lipinski definition) is 4. The summed E-state index contributed by atoms with van der Waals surface area (Å²) >= 11 is 0. The predicted octanol–water partition coefficient (Wildman–Crippen LogP) is 17.5. The summed E-state index contributed by atoms with van der Waals surface area (Å²) in [4.78, 5) is 48.0. The molecule has 0 spiro atoms. The van der Waals surface area contributed by atoms with Crippen molar-refractivity contribution < 1.29 is 75.0 Å². The number of nitrogens with two attached hydrogens (primary N) is 1. The molecule has 0 atom stereocenters. The van der Waals surface area contributed by atoms with Crippen LogP contribution in [0.2, 0.25) is 0 Å². The average Bonchev–Trinajstić information content (AvgIpc) is 1.67. The van der Waals surface area contributed by atoms with E-state index in [0.717, 1.165) is 62.6 Å². The normalized spacial score (nSPS) is 11.7. The van der Waals surface area contributed by atoms with E-state index < -0.39 is 28.8 Å². The Morgan fingerprint density at radius 2 is 0.793 bits per heavy atom. The van der Waals surface area contributed by atoms with Gasteiger partial charge in [0.05, 0.1) is 104 Å². The minimum Gasteiger partial charge on any atom is -0.460 e. The molecule has 25 heteroatoms. The molecule has 0 unspecified atom stereocenters. The molecule has 626 valence electrons. The molecule has 20 nitrogen and oxygen atoms in total. The van der Waals surface area contributed by atoms with Crippen LogP contribution in [0.5, 0.6) is 5.75 Å². The van der Waals surface area contributed by atoms with Gasteiger partial charge in [-0.2, -0.15) is 20.4 Å². The number of esters is 3. The van der Waals surface area contributed by atoms with Gasteiger partial charge in [-0.3, -0.25) is 24.3 Å². The van der Waals surface area contributed by atoms with Gasteiger partial charge in [0, 0.05) is 75.7 Å². The maximum atomic E-state index is 14.3. The van der Waals surface area contributed by atoms with Crippen LogP contribution in [0.15, 0.2) is 164 Å². The van der Waals surface area contributed by atoms with Gasteiger partial charge in [0.15, 0.2) is 0 Å². The molecule has 4 aromatic heterocycles. The van der Waals surface area contributed by atoms with Crippen molar-refractivity contribution in [3.05, 3.63) is 261 Å². The van der Waals surface area contributed by atoms with Gasteiger partial charge in [-0.25, -0.2) is 36.0 Å². The Kier molecular flexibility index (Phi) is 35.1. The summed E-state index contributed by atoms with van der Waals surface area (Å²) < 4.78 is 99.0. The van der Waals surface area contributed by atoms with Crippen LogP contribution in [0.1, 0.15) is 212 Å². The molecule has 0 aliphatic rings. The Balaban J connectivity index is 0.000000230. The summed E-state index contributed by atoms with van der Waals surface area (Å²) in [6.45, 7) is 36.9. The van der Waals surface area contributed by atoms with Crippen LogP contribution in [0.3, 0.4) is 0 Å². The predicted molar refractivity (Wildman–Crippen MR) is 439 cm³/mol. The Morgan fingerprint density at radius 1 is 0.422 bits per heavy atom. The number of ether oxygens (including phenoxy) is 5. The van der Waals surface area contributed by atoms with Crippen LogP contribution in [0, 0.1) is 29.1 Å². The smallest absolute Gasteiger partial charge is 0.315 e. The van der Waals surface area contributed by atoms with Crippen molar-refractivity contribution in [2.24, 2.45) is 5.73 Å². The molecule has 0 bridgehead atoms. The lowest BCUT2D eigenvalue weighted by Gasteiger charge is -2.19. The highest BCUT2D eigenvalue weighted by atomic mass is 19.1. The molecular weight excluding hydrogens is 1490 g/mol. The van der Waals surface area contributed by atoms with Crippen LogP contribution < -0.4 is 10.5 Å². The van der Waals surface area contributed by atoms with Crippen molar-refractivity contribution in [1.29, 1.82) is 0 Å². The van der Waals surface area contributed by atoms with E-state index in [0.29, 0.717) is 60.2 Å². The van der Waals surface area contributed by atoms with Gasteiger partial charge in [0.25, 0.3) is 0 Å². The monoisotopic (exact) mass is 1610 g/mol. The number of aromatic nitrogens is 8. The maximum absolute atomic E-state index is 14.3. The van der Waals surface area contributed by atoms with Crippen LogP contribution in [0.4, 0.5) is 22.0 Å². The molecular formula is C91H116F5N9O11. The Morgan fingerprint density at radius 3 is 1.16 bits per heavy atom. The highest BCUT2D eigenvalue weighted by Gasteiger charge is 2.26. The number of para-hydroxylation sites is 1. The number of H-pyrrole nitrogens is 1. The van der Waals surface area contributed by atoms with Gasteiger partial charge in [-0.1, -0.05) is 126 Å². The van der Waals surface area contributed by atoms with E-state index in [4.69, 9.17) is 44.7 Å². The molecule has 0 aliphatic heterocycles. The number of aliphatic hydroxyl groups is 2. The molecule has 0 radical (unpaired) electrons. The summed E-state index contributed by atoms with van der Waals surface area (Å²) in [6, 6.07) is 44.5. The van der Waals surface area contributed by atoms with Crippen molar-refractivity contribution in [3.63, 3.8) is 0 Å². The molecule has 0 aliphatic carbocycles. The fraction of sp³-hybridized carbons (Fsp3) is 0.429. The zero-order valence-corrected chi connectivity index (χ0v) is 70.4. The van der Waals surface area contributed by atoms with E-state index >= 15 is 0 Å². The fourth-order valence-corrected chi connectivity index (χ4v) is 10.9. The van der Waals surface area contributed by atoms with Gasteiger partial charge in [0.1, 0.15) is 51.8 Å². The summed E-state index contributed by atoms with van der Waals surface area (Å²) in [6.07, 6.45) is 2.66. The third-order valence-corrected chi connectivity index (χ3v) is 17.1. The van der Waals surface area contributed by atoms with Crippen molar-refractivity contribution in [2.75, 3.05) is 26.4 Å². The average molecular weight is 1610 g/mol. The number of benzene rings is 6. The van der Waals surface area contributed by atoms with E-state index in [1.165, 1.54) is 48.5 Å². The van der Waals surface area contributed by atoms with Gasteiger partial charge in [0.2, 0.25) is 0 Å². The van der Waals surface area contributed by atoms with Gasteiger partial charge in [-0.05, 0) is 187 Å². The number of aryl methyl sites for hydroxylation is 3. The number of hydrogen-bond acceptors (Lipinski definition) is 16. The van der Waals surface area contributed by atoms with Gasteiger partial charge >= 0.3 is 17.9 Å². The molecule has 5 N–H and O–H groups in total. The highest BCUT2D eigenvalue weighted by molar-refractivity contribution is 5.81. The molecule has 10 aromatic rings. The third kappa shape index (κ3) is 32.4. The lowest BCUT2D eigenvalue weighted by atomic mass is 9.92. The van der Waals surface area contributed by atoms with Crippen LogP contribution in [0.25, 0.3) is 17.1 Å². The third-order valence-electron chi connectivity index (χ3n) is 17.1. The second-order valence-electron chi connectivity index (χ2n) is 34.0. The fourth-order valence-electron chi connectivity index (χ4n) is 10.9. The number of rotatable bonds is 26. The van der Waals surface area contributed by atoms with Crippen molar-refractivity contribution in [1.82, 2.24) is 39.5 Å². The zero-order valence-electron chi connectivity index (χ0n) is 70.4. The number of carbonyl (C=O) groups excluding carboxylic acids is 4. The number of Topliss-reactive ketones (excluding diaryl/α,β-unsaturated/α-hetero) is 1. The Labute approximate surface area is 679 Å². The molecule has 4 heterocycles. The summed E-state index contributed by atoms with van der Waals surface area (Å²) in [5.74, 6) is -2.15. The first-order chi connectivity index (χ1) is 54.3. The molecule has 0 saturated heterocycles.